The Balaban J connectivity index is 2.18. The molecule has 92 valence electrons. The Morgan fingerprint density at radius 3 is 3.12 bits per heavy atom. The number of carbonyl (C=O) groups excluding carboxylic acids is 1. The maximum absolute atomic E-state index is 12.3. The fraction of sp³-hybridized carbons (Fsp3) is 0.500. The van der Waals surface area contributed by atoms with Gasteiger partial charge in [0.15, 0.2) is 0 Å². The molecule has 0 bridgehead atoms. The van der Waals surface area contributed by atoms with Gasteiger partial charge in [-0.15, -0.1) is 0 Å². The standard InChI is InChI=1S/C12H17N3OS/c1-13-11-10(4-3-6-14-11)12(16)15(2)9-5-7-17-8-9/h3-4,6,9H,5,7-8H2,1-2H3,(H,13,14). The number of hydrogen-bond donors (Lipinski definition) is 1. The quantitative estimate of drug-likeness (QED) is 0.888. The van der Waals surface area contributed by atoms with Gasteiger partial charge in [0.25, 0.3) is 5.91 Å². The second kappa shape index (κ2) is 5.40. The third-order valence-corrected chi connectivity index (χ3v) is 4.19. The van der Waals surface area contributed by atoms with Crippen LogP contribution in [0, 0.1) is 0 Å². The van der Waals surface area contributed by atoms with Crippen molar-refractivity contribution in [2.24, 2.45) is 0 Å². The van der Waals surface area contributed by atoms with Crippen molar-refractivity contribution in [3.05, 3.63) is 23.9 Å². The van der Waals surface area contributed by atoms with Gasteiger partial charge in [0.1, 0.15) is 5.82 Å². The highest BCUT2D eigenvalue weighted by Gasteiger charge is 2.25. The van der Waals surface area contributed by atoms with E-state index in [1.54, 1.807) is 19.3 Å². The van der Waals surface area contributed by atoms with E-state index in [4.69, 9.17) is 0 Å². The molecule has 1 aromatic rings. The molecule has 0 radical (unpaired) electrons. The highest BCUT2D eigenvalue weighted by molar-refractivity contribution is 7.99. The zero-order valence-corrected chi connectivity index (χ0v) is 11.0. The van der Waals surface area contributed by atoms with Gasteiger partial charge in [-0.2, -0.15) is 11.8 Å². The van der Waals surface area contributed by atoms with Crippen molar-refractivity contribution < 1.29 is 4.79 Å². The van der Waals surface area contributed by atoms with Crippen LogP contribution in [0.15, 0.2) is 18.3 Å². The normalized spacial score (nSPS) is 19.1. The molecule has 2 rings (SSSR count). The Kier molecular flexibility index (Phi) is 3.89. The number of thioether (sulfide) groups is 1. The molecule has 0 spiro atoms. The van der Waals surface area contributed by atoms with Gasteiger partial charge >= 0.3 is 0 Å². The van der Waals surface area contributed by atoms with Crippen molar-refractivity contribution in [1.82, 2.24) is 9.88 Å². The summed E-state index contributed by atoms with van der Waals surface area (Å²) < 4.78 is 0. The lowest BCUT2D eigenvalue weighted by molar-refractivity contribution is 0.0748. The molecule has 1 saturated heterocycles. The predicted octanol–water partition coefficient (Wildman–Crippen LogP) is 1.70. The van der Waals surface area contributed by atoms with Crippen LogP contribution < -0.4 is 5.32 Å². The van der Waals surface area contributed by atoms with Gasteiger partial charge < -0.3 is 10.2 Å². The number of nitrogens with zero attached hydrogens (tertiary/aromatic N) is 2. The molecule has 1 amide bonds. The minimum Gasteiger partial charge on any atom is -0.372 e. The topological polar surface area (TPSA) is 45.2 Å². The minimum absolute atomic E-state index is 0.0509. The van der Waals surface area contributed by atoms with Gasteiger partial charge in [0.2, 0.25) is 0 Å². The summed E-state index contributed by atoms with van der Waals surface area (Å²) in [5.41, 5.74) is 0.648. The second-order valence-electron chi connectivity index (χ2n) is 4.08. The summed E-state index contributed by atoms with van der Waals surface area (Å²) in [5.74, 6) is 2.89. The molecule has 4 nitrogen and oxygen atoms in total. The number of anilines is 1. The first-order chi connectivity index (χ1) is 8.24. The summed E-state index contributed by atoms with van der Waals surface area (Å²) in [6.07, 6.45) is 2.77. The lowest BCUT2D eigenvalue weighted by Gasteiger charge is -2.24. The molecule has 1 fully saturated rings. The smallest absolute Gasteiger partial charge is 0.257 e. The average Bonchev–Trinajstić information content (AvgIpc) is 2.90. The van der Waals surface area contributed by atoms with Crippen molar-refractivity contribution >= 4 is 23.5 Å². The Morgan fingerprint density at radius 1 is 1.65 bits per heavy atom. The van der Waals surface area contributed by atoms with Crippen LogP contribution in [0.4, 0.5) is 5.82 Å². The fourth-order valence-corrected chi connectivity index (χ4v) is 3.23. The number of amides is 1. The van der Waals surface area contributed by atoms with E-state index in [0.717, 1.165) is 17.9 Å². The molecule has 2 heterocycles. The Labute approximate surface area is 106 Å². The molecule has 1 aliphatic heterocycles. The third-order valence-electron chi connectivity index (χ3n) is 3.05. The van der Waals surface area contributed by atoms with Gasteiger partial charge in [-0.3, -0.25) is 4.79 Å². The van der Waals surface area contributed by atoms with Gasteiger partial charge in [-0.1, -0.05) is 0 Å². The lowest BCUT2D eigenvalue weighted by atomic mass is 10.1. The van der Waals surface area contributed by atoms with E-state index in [1.807, 2.05) is 29.8 Å². The number of hydrogen-bond acceptors (Lipinski definition) is 4. The molecule has 1 aliphatic rings. The first kappa shape index (κ1) is 12.2. The number of pyridine rings is 1. The van der Waals surface area contributed by atoms with Gasteiger partial charge in [0.05, 0.1) is 5.56 Å². The van der Waals surface area contributed by atoms with Crippen molar-refractivity contribution in [3.8, 4) is 0 Å². The second-order valence-corrected chi connectivity index (χ2v) is 5.23. The molecular weight excluding hydrogens is 234 g/mol. The van der Waals surface area contributed by atoms with Crippen LogP contribution in [0.5, 0.6) is 0 Å². The maximum Gasteiger partial charge on any atom is 0.257 e. The van der Waals surface area contributed by atoms with E-state index in [9.17, 15) is 4.79 Å². The summed E-state index contributed by atoms with van der Waals surface area (Å²) in [6, 6.07) is 3.97. The van der Waals surface area contributed by atoms with Crippen LogP contribution in [-0.4, -0.2) is 47.4 Å². The Morgan fingerprint density at radius 2 is 2.47 bits per heavy atom. The maximum atomic E-state index is 12.3. The Bertz CT molecular complexity index is 404. The molecule has 1 aromatic heterocycles. The van der Waals surface area contributed by atoms with Crippen molar-refractivity contribution in [1.29, 1.82) is 0 Å². The third kappa shape index (κ3) is 2.54. The number of rotatable bonds is 3. The molecule has 1 unspecified atom stereocenters. The number of aromatic nitrogens is 1. The van der Waals surface area contributed by atoms with Crippen LogP contribution in [0.3, 0.4) is 0 Å². The van der Waals surface area contributed by atoms with Crippen molar-refractivity contribution in [3.63, 3.8) is 0 Å². The van der Waals surface area contributed by atoms with E-state index in [2.05, 4.69) is 10.3 Å². The largest absolute Gasteiger partial charge is 0.372 e. The van der Waals surface area contributed by atoms with E-state index >= 15 is 0 Å². The SMILES string of the molecule is CNc1ncccc1C(=O)N(C)C1CCSC1. The molecular formula is C12H17N3OS. The zero-order chi connectivity index (χ0) is 12.3. The lowest BCUT2D eigenvalue weighted by Crippen LogP contribution is -2.37. The van der Waals surface area contributed by atoms with Gasteiger partial charge in [0, 0.05) is 32.1 Å². The summed E-state index contributed by atoms with van der Waals surface area (Å²) in [5, 5.41) is 2.96. The summed E-state index contributed by atoms with van der Waals surface area (Å²) >= 11 is 1.91. The van der Waals surface area contributed by atoms with Crippen molar-refractivity contribution in [2.45, 2.75) is 12.5 Å². The molecule has 1 atom stereocenters. The van der Waals surface area contributed by atoms with Crippen LogP contribution >= 0.6 is 11.8 Å². The fourth-order valence-electron chi connectivity index (χ4n) is 1.96. The number of nitrogens with one attached hydrogen (secondary N) is 1. The van der Waals surface area contributed by atoms with E-state index < -0.39 is 0 Å². The van der Waals surface area contributed by atoms with Crippen LogP contribution in [0.2, 0.25) is 0 Å². The van der Waals surface area contributed by atoms with Gasteiger partial charge in [-0.25, -0.2) is 4.98 Å². The highest BCUT2D eigenvalue weighted by Crippen LogP contribution is 2.23. The monoisotopic (exact) mass is 251 g/mol. The molecule has 0 saturated carbocycles. The first-order valence-electron chi connectivity index (χ1n) is 5.71. The molecule has 0 aliphatic carbocycles. The van der Waals surface area contributed by atoms with E-state index in [-0.39, 0.29) is 5.91 Å². The summed E-state index contributed by atoms with van der Waals surface area (Å²) in [4.78, 5) is 18.4. The minimum atomic E-state index is 0.0509. The van der Waals surface area contributed by atoms with Crippen LogP contribution in [0.25, 0.3) is 0 Å². The van der Waals surface area contributed by atoms with Crippen molar-refractivity contribution in [2.75, 3.05) is 30.9 Å². The number of carbonyl (C=O) groups is 1. The van der Waals surface area contributed by atoms with E-state index in [1.165, 1.54) is 0 Å². The highest BCUT2D eigenvalue weighted by atomic mass is 32.2. The first-order valence-corrected chi connectivity index (χ1v) is 6.87. The average molecular weight is 251 g/mol. The van der Waals surface area contributed by atoms with E-state index in [0.29, 0.717) is 17.4 Å². The molecule has 17 heavy (non-hydrogen) atoms. The zero-order valence-electron chi connectivity index (χ0n) is 10.1. The molecule has 1 N–H and O–H groups in total. The molecule has 5 heteroatoms. The summed E-state index contributed by atoms with van der Waals surface area (Å²) in [6.45, 7) is 0. The predicted molar refractivity (Wildman–Crippen MR) is 71.6 cm³/mol. The molecule has 0 aromatic carbocycles. The Hall–Kier alpha value is -1.23. The van der Waals surface area contributed by atoms with Gasteiger partial charge in [-0.05, 0) is 24.3 Å². The van der Waals surface area contributed by atoms with Crippen LogP contribution in [-0.2, 0) is 0 Å². The summed E-state index contributed by atoms with van der Waals surface area (Å²) in [7, 11) is 3.66. The van der Waals surface area contributed by atoms with Crippen LogP contribution in [0.1, 0.15) is 16.8 Å².